The largest absolute Gasteiger partial charge is 0.339 e. The van der Waals surface area contributed by atoms with Gasteiger partial charge in [0.05, 0.1) is 24.4 Å². The third-order valence-electron chi connectivity index (χ3n) is 5.37. The van der Waals surface area contributed by atoms with Crippen LogP contribution in [0.2, 0.25) is 0 Å². The van der Waals surface area contributed by atoms with E-state index >= 15 is 0 Å². The molecule has 28 heavy (non-hydrogen) atoms. The van der Waals surface area contributed by atoms with Gasteiger partial charge in [0.2, 0.25) is 15.9 Å². The summed E-state index contributed by atoms with van der Waals surface area (Å²) in [6.45, 7) is 6.40. The Hall–Kier alpha value is -1.99. The topological polar surface area (TPSA) is 88.0 Å². The Morgan fingerprint density at radius 1 is 0.964 bits per heavy atom. The summed E-state index contributed by atoms with van der Waals surface area (Å²) in [5.41, 5.74) is 1.86. The van der Waals surface area contributed by atoms with Crippen molar-refractivity contribution in [3.05, 3.63) is 35.4 Å². The number of carbonyl (C=O) groups excluding carboxylic acids is 1. The van der Waals surface area contributed by atoms with Crippen molar-refractivity contribution in [1.29, 1.82) is 5.26 Å². The highest BCUT2D eigenvalue weighted by molar-refractivity contribution is 7.88. The fraction of sp³-hybridized carbons (Fsp3) is 0.579. The van der Waals surface area contributed by atoms with E-state index in [2.05, 4.69) is 15.9 Å². The van der Waals surface area contributed by atoms with Gasteiger partial charge in [0.15, 0.2) is 0 Å². The Kier molecular flexibility index (Phi) is 6.67. The summed E-state index contributed by atoms with van der Waals surface area (Å²) in [7, 11) is -3.17. The summed E-state index contributed by atoms with van der Waals surface area (Å²) in [5, 5.41) is 8.87. The third kappa shape index (κ3) is 5.52. The third-order valence-corrected chi connectivity index (χ3v) is 6.68. The summed E-state index contributed by atoms with van der Waals surface area (Å²) in [6, 6.07) is 9.79. The molecule has 2 aliphatic rings. The zero-order valence-electron chi connectivity index (χ0n) is 16.2. The standard InChI is InChI=1S/C19H27N5O3S/c1-28(26,27)24-12-10-23(11-13-24)19(25)16-22-8-6-21(7-9-22)15-18-4-2-17(14-20)3-5-18/h2-5H,6-13,15-16H2,1H3. The average Bonchev–Trinajstić information content (AvgIpc) is 2.69. The summed E-state index contributed by atoms with van der Waals surface area (Å²) in [5.74, 6) is 0.0775. The Morgan fingerprint density at radius 2 is 1.54 bits per heavy atom. The van der Waals surface area contributed by atoms with E-state index in [0.717, 1.165) is 32.7 Å². The van der Waals surface area contributed by atoms with Gasteiger partial charge in [-0.3, -0.25) is 14.6 Å². The first-order valence-electron chi connectivity index (χ1n) is 9.52. The maximum Gasteiger partial charge on any atom is 0.236 e. The molecule has 0 saturated carbocycles. The number of nitrogens with zero attached hydrogens (tertiary/aromatic N) is 5. The van der Waals surface area contributed by atoms with E-state index in [9.17, 15) is 13.2 Å². The lowest BCUT2D eigenvalue weighted by Gasteiger charge is -2.37. The van der Waals surface area contributed by atoms with E-state index in [1.54, 1.807) is 4.90 Å². The van der Waals surface area contributed by atoms with Crippen LogP contribution in [0.25, 0.3) is 0 Å². The van der Waals surface area contributed by atoms with Gasteiger partial charge in [-0.25, -0.2) is 8.42 Å². The molecule has 1 amide bonds. The number of nitriles is 1. The number of carbonyl (C=O) groups is 1. The maximum absolute atomic E-state index is 12.5. The smallest absolute Gasteiger partial charge is 0.236 e. The molecule has 0 aliphatic carbocycles. The molecule has 152 valence electrons. The van der Waals surface area contributed by atoms with Crippen LogP contribution in [0.15, 0.2) is 24.3 Å². The quantitative estimate of drug-likeness (QED) is 0.673. The molecule has 8 nitrogen and oxygen atoms in total. The van der Waals surface area contributed by atoms with Crippen molar-refractivity contribution >= 4 is 15.9 Å². The second-order valence-corrected chi connectivity index (χ2v) is 9.39. The minimum absolute atomic E-state index is 0.0775. The number of benzene rings is 1. The van der Waals surface area contributed by atoms with E-state index in [0.29, 0.717) is 38.3 Å². The minimum Gasteiger partial charge on any atom is -0.339 e. The molecule has 2 aliphatic heterocycles. The second-order valence-electron chi connectivity index (χ2n) is 7.40. The molecule has 0 aromatic heterocycles. The maximum atomic E-state index is 12.5. The molecule has 0 unspecified atom stereocenters. The summed E-state index contributed by atoms with van der Waals surface area (Å²) < 4.78 is 24.6. The van der Waals surface area contributed by atoms with Crippen LogP contribution < -0.4 is 0 Å². The highest BCUT2D eigenvalue weighted by Gasteiger charge is 2.27. The lowest BCUT2D eigenvalue weighted by Crippen LogP contribution is -2.54. The zero-order valence-corrected chi connectivity index (χ0v) is 17.1. The van der Waals surface area contributed by atoms with Crippen molar-refractivity contribution in [3.63, 3.8) is 0 Å². The van der Waals surface area contributed by atoms with Crippen molar-refractivity contribution in [2.75, 3.05) is 65.2 Å². The van der Waals surface area contributed by atoms with Crippen molar-refractivity contribution in [1.82, 2.24) is 19.0 Å². The van der Waals surface area contributed by atoms with Gasteiger partial charge in [0.1, 0.15) is 0 Å². The van der Waals surface area contributed by atoms with Crippen LogP contribution in [0.1, 0.15) is 11.1 Å². The van der Waals surface area contributed by atoms with E-state index in [-0.39, 0.29) is 5.91 Å². The van der Waals surface area contributed by atoms with Gasteiger partial charge in [0, 0.05) is 58.9 Å². The number of sulfonamides is 1. The van der Waals surface area contributed by atoms with Crippen LogP contribution in [-0.4, -0.2) is 98.5 Å². The van der Waals surface area contributed by atoms with Gasteiger partial charge < -0.3 is 4.90 Å². The molecule has 2 saturated heterocycles. The fourth-order valence-electron chi connectivity index (χ4n) is 3.61. The number of hydrogen-bond acceptors (Lipinski definition) is 6. The summed E-state index contributed by atoms with van der Waals surface area (Å²) in [4.78, 5) is 18.8. The van der Waals surface area contributed by atoms with Crippen LogP contribution in [0.5, 0.6) is 0 Å². The predicted molar refractivity (Wildman–Crippen MR) is 106 cm³/mol. The molecule has 2 fully saturated rings. The molecule has 3 rings (SSSR count). The van der Waals surface area contributed by atoms with Gasteiger partial charge in [-0.05, 0) is 17.7 Å². The van der Waals surface area contributed by atoms with Crippen molar-refractivity contribution in [2.24, 2.45) is 0 Å². The minimum atomic E-state index is -3.17. The highest BCUT2D eigenvalue weighted by atomic mass is 32.2. The number of rotatable bonds is 5. The van der Waals surface area contributed by atoms with Gasteiger partial charge in [-0.15, -0.1) is 0 Å². The Balaban J connectivity index is 1.40. The fourth-order valence-corrected chi connectivity index (χ4v) is 4.44. The number of amides is 1. The molecular formula is C19H27N5O3S. The lowest BCUT2D eigenvalue weighted by atomic mass is 10.1. The first-order chi connectivity index (χ1) is 13.3. The van der Waals surface area contributed by atoms with E-state index in [4.69, 9.17) is 5.26 Å². The molecule has 0 spiro atoms. The van der Waals surface area contributed by atoms with Crippen molar-refractivity contribution in [2.45, 2.75) is 6.54 Å². The monoisotopic (exact) mass is 405 g/mol. The van der Waals surface area contributed by atoms with Gasteiger partial charge in [0.25, 0.3) is 0 Å². The molecule has 0 atom stereocenters. The van der Waals surface area contributed by atoms with Crippen LogP contribution >= 0.6 is 0 Å². The van der Waals surface area contributed by atoms with E-state index < -0.39 is 10.0 Å². The Labute approximate surface area is 167 Å². The SMILES string of the molecule is CS(=O)(=O)N1CCN(C(=O)CN2CCN(Cc3ccc(C#N)cc3)CC2)CC1. The molecule has 9 heteroatoms. The first-order valence-corrected chi connectivity index (χ1v) is 11.4. The van der Waals surface area contributed by atoms with E-state index in [1.807, 2.05) is 24.3 Å². The zero-order chi connectivity index (χ0) is 20.1. The van der Waals surface area contributed by atoms with Crippen LogP contribution in [-0.2, 0) is 21.4 Å². The summed E-state index contributed by atoms with van der Waals surface area (Å²) >= 11 is 0. The Bertz CT molecular complexity index is 818. The van der Waals surface area contributed by atoms with Crippen molar-refractivity contribution < 1.29 is 13.2 Å². The normalized spacial score (nSPS) is 20.1. The summed E-state index contributed by atoms with van der Waals surface area (Å²) in [6.07, 6.45) is 1.21. The molecule has 1 aromatic rings. The second kappa shape index (κ2) is 9.01. The van der Waals surface area contributed by atoms with Crippen LogP contribution in [0, 0.1) is 11.3 Å². The van der Waals surface area contributed by atoms with Crippen molar-refractivity contribution in [3.8, 4) is 6.07 Å². The molecule has 0 N–H and O–H groups in total. The Morgan fingerprint density at radius 3 is 2.07 bits per heavy atom. The average molecular weight is 406 g/mol. The molecule has 0 radical (unpaired) electrons. The number of piperazine rings is 2. The van der Waals surface area contributed by atoms with Crippen LogP contribution in [0.3, 0.4) is 0 Å². The number of hydrogen-bond donors (Lipinski definition) is 0. The van der Waals surface area contributed by atoms with Gasteiger partial charge in [-0.1, -0.05) is 12.1 Å². The van der Waals surface area contributed by atoms with Crippen LogP contribution in [0.4, 0.5) is 0 Å². The molecule has 2 heterocycles. The highest BCUT2D eigenvalue weighted by Crippen LogP contribution is 2.11. The van der Waals surface area contributed by atoms with E-state index in [1.165, 1.54) is 16.1 Å². The van der Waals surface area contributed by atoms with Gasteiger partial charge in [-0.2, -0.15) is 9.57 Å². The lowest BCUT2D eigenvalue weighted by molar-refractivity contribution is -0.134. The first kappa shape index (κ1) is 20.7. The van der Waals surface area contributed by atoms with Gasteiger partial charge >= 0.3 is 0 Å². The predicted octanol–water partition coefficient (Wildman–Crippen LogP) is -0.220. The molecular weight excluding hydrogens is 378 g/mol. The molecule has 0 bridgehead atoms. The molecule has 1 aromatic carbocycles.